The van der Waals surface area contributed by atoms with Crippen LogP contribution in [0.2, 0.25) is 0 Å². The van der Waals surface area contributed by atoms with E-state index in [-0.39, 0.29) is 35.8 Å². The number of hydrogen-bond donors (Lipinski definition) is 1. The maximum atomic E-state index is 13.1. The highest BCUT2D eigenvalue weighted by molar-refractivity contribution is 8.01. The summed E-state index contributed by atoms with van der Waals surface area (Å²) in [4.78, 5) is 43.3. The lowest BCUT2D eigenvalue weighted by atomic mass is 10.1. The standard InChI is InChI=1S/C24H26N6O4S2/c31-20(25-14-19-7-4-12-34-19)16-35-24-27-26-23(36-24)29-10-8-28(9-11-29)22(33)17-13-21(32)30(15-17)18-5-2-1-3-6-18/h1-7,12,17H,8-11,13-16H2,(H,25,31). The lowest BCUT2D eigenvalue weighted by molar-refractivity contribution is -0.136. The third-order valence-electron chi connectivity index (χ3n) is 6.17. The summed E-state index contributed by atoms with van der Waals surface area (Å²) in [5.74, 6) is 0.571. The molecule has 4 heterocycles. The number of thioether (sulfide) groups is 1. The van der Waals surface area contributed by atoms with Gasteiger partial charge in [0.15, 0.2) is 4.34 Å². The molecule has 12 heteroatoms. The molecule has 188 valence electrons. The first kappa shape index (κ1) is 24.3. The number of rotatable bonds is 8. The Morgan fingerprint density at radius 2 is 1.89 bits per heavy atom. The van der Waals surface area contributed by atoms with Crippen molar-refractivity contribution < 1.29 is 18.8 Å². The first-order chi connectivity index (χ1) is 17.6. The summed E-state index contributed by atoms with van der Waals surface area (Å²) in [7, 11) is 0. The molecule has 3 amide bonds. The second-order valence-electron chi connectivity index (χ2n) is 8.55. The first-order valence-corrected chi connectivity index (χ1v) is 13.5. The van der Waals surface area contributed by atoms with Crippen LogP contribution >= 0.6 is 23.1 Å². The molecular formula is C24H26N6O4S2. The number of benzene rings is 1. The number of hydrogen-bond acceptors (Lipinski definition) is 9. The van der Waals surface area contributed by atoms with E-state index >= 15 is 0 Å². The highest BCUT2D eigenvalue weighted by Crippen LogP contribution is 2.30. The molecule has 1 unspecified atom stereocenters. The van der Waals surface area contributed by atoms with Gasteiger partial charge in [0.25, 0.3) is 0 Å². The minimum atomic E-state index is -0.312. The van der Waals surface area contributed by atoms with Gasteiger partial charge in [0.1, 0.15) is 5.76 Å². The molecule has 2 fully saturated rings. The van der Waals surface area contributed by atoms with Crippen molar-refractivity contribution in [3.63, 3.8) is 0 Å². The second kappa shape index (κ2) is 11.1. The molecule has 0 saturated carbocycles. The van der Waals surface area contributed by atoms with Gasteiger partial charge in [0.05, 0.1) is 24.5 Å². The quantitative estimate of drug-likeness (QED) is 0.445. The molecule has 10 nitrogen and oxygen atoms in total. The Morgan fingerprint density at radius 1 is 1.08 bits per heavy atom. The summed E-state index contributed by atoms with van der Waals surface area (Å²) in [6.45, 7) is 3.23. The van der Waals surface area contributed by atoms with Gasteiger partial charge in [-0.15, -0.1) is 10.2 Å². The van der Waals surface area contributed by atoms with Crippen molar-refractivity contribution in [3.05, 3.63) is 54.5 Å². The number of nitrogens with zero attached hydrogens (tertiary/aromatic N) is 5. The van der Waals surface area contributed by atoms with Crippen LogP contribution in [-0.2, 0) is 20.9 Å². The molecular weight excluding hydrogens is 500 g/mol. The topological polar surface area (TPSA) is 112 Å². The molecule has 5 rings (SSSR count). The zero-order chi connectivity index (χ0) is 24.9. The van der Waals surface area contributed by atoms with E-state index in [0.717, 1.165) is 15.2 Å². The van der Waals surface area contributed by atoms with Crippen LogP contribution in [0.25, 0.3) is 0 Å². The summed E-state index contributed by atoms with van der Waals surface area (Å²) in [6, 6.07) is 13.1. The van der Waals surface area contributed by atoms with Crippen molar-refractivity contribution in [2.45, 2.75) is 17.3 Å². The van der Waals surface area contributed by atoms with Crippen molar-refractivity contribution in [1.29, 1.82) is 0 Å². The fourth-order valence-corrected chi connectivity index (χ4v) is 6.00. The van der Waals surface area contributed by atoms with Crippen LogP contribution in [0.3, 0.4) is 0 Å². The Balaban J connectivity index is 1.07. The summed E-state index contributed by atoms with van der Waals surface area (Å²) in [5, 5.41) is 12.1. The number of furan rings is 1. The SMILES string of the molecule is O=C(CSc1nnc(N2CCN(C(=O)C3CC(=O)N(c4ccccc4)C3)CC2)s1)NCc1ccco1. The average Bonchev–Trinajstić information content (AvgIpc) is 3.68. The molecule has 1 atom stereocenters. The maximum Gasteiger partial charge on any atom is 0.230 e. The largest absolute Gasteiger partial charge is 0.467 e. The number of nitrogens with one attached hydrogen (secondary N) is 1. The normalized spacial score (nSPS) is 18.1. The van der Waals surface area contributed by atoms with Crippen molar-refractivity contribution in [2.24, 2.45) is 5.92 Å². The zero-order valence-corrected chi connectivity index (χ0v) is 21.2. The van der Waals surface area contributed by atoms with Gasteiger partial charge in [0, 0.05) is 44.8 Å². The van der Waals surface area contributed by atoms with E-state index in [9.17, 15) is 14.4 Å². The molecule has 2 aliphatic heterocycles. The number of para-hydroxylation sites is 1. The minimum Gasteiger partial charge on any atom is -0.467 e. The molecule has 0 radical (unpaired) electrons. The van der Waals surface area contributed by atoms with Gasteiger partial charge in [-0.2, -0.15) is 0 Å². The monoisotopic (exact) mass is 526 g/mol. The highest BCUT2D eigenvalue weighted by atomic mass is 32.2. The van der Waals surface area contributed by atoms with E-state index in [1.54, 1.807) is 17.2 Å². The highest BCUT2D eigenvalue weighted by Gasteiger charge is 2.38. The van der Waals surface area contributed by atoms with Crippen LogP contribution in [0.1, 0.15) is 12.2 Å². The molecule has 0 spiro atoms. The molecule has 3 aromatic rings. The molecule has 2 aliphatic rings. The van der Waals surface area contributed by atoms with E-state index in [2.05, 4.69) is 20.4 Å². The lowest BCUT2D eigenvalue weighted by Crippen LogP contribution is -2.50. The smallest absolute Gasteiger partial charge is 0.230 e. The number of amides is 3. The number of anilines is 2. The van der Waals surface area contributed by atoms with E-state index in [4.69, 9.17) is 4.42 Å². The van der Waals surface area contributed by atoms with Gasteiger partial charge in [-0.3, -0.25) is 14.4 Å². The number of carbonyl (C=O) groups is 3. The Morgan fingerprint density at radius 3 is 2.64 bits per heavy atom. The number of piperazine rings is 1. The van der Waals surface area contributed by atoms with Gasteiger partial charge in [-0.25, -0.2) is 0 Å². The minimum absolute atomic E-state index is 0.00766. The van der Waals surface area contributed by atoms with Gasteiger partial charge >= 0.3 is 0 Å². The van der Waals surface area contributed by atoms with Gasteiger partial charge in [0.2, 0.25) is 22.9 Å². The van der Waals surface area contributed by atoms with E-state index in [0.29, 0.717) is 45.0 Å². The predicted octanol–water partition coefficient (Wildman–Crippen LogP) is 2.24. The zero-order valence-electron chi connectivity index (χ0n) is 19.5. The third-order valence-corrected chi connectivity index (χ3v) is 8.28. The molecule has 36 heavy (non-hydrogen) atoms. The average molecular weight is 527 g/mol. The Bertz CT molecular complexity index is 1190. The summed E-state index contributed by atoms with van der Waals surface area (Å²) >= 11 is 2.79. The second-order valence-corrected chi connectivity index (χ2v) is 10.7. The third kappa shape index (κ3) is 5.71. The number of aromatic nitrogens is 2. The summed E-state index contributed by atoms with van der Waals surface area (Å²) in [6.07, 6.45) is 1.82. The van der Waals surface area contributed by atoms with Crippen molar-refractivity contribution in [2.75, 3.05) is 48.3 Å². The van der Waals surface area contributed by atoms with E-state index in [1.165, 1.54) is 23.1 Å². The Labute approximate surface area is 216 Å². The van der Waals surface area contributed by atoms with Gasteiger partial charge in [-0.1, -0.05) is 41.3 Å². The van der Waals surface area contributed by atoms with Crippen LogP contribution in [-0.4, -0.2) is 71.3 Å². The summed E-state index contributed by atoms with van der Waals surface area (Å²) in [5.41, 5.74) is 0.836. The maximum absolute atomic E-state index is 13.1. The first-order valence-electron chi connectivity index (χ1n) is 11.7. The van der Waals surface area contributed by atoms with Crippen LogP contribution < -0.4 is 15.1 Å². The van der Waals surface area contributed by atoms with Crippen molar-refractivity contribution in [1.82, 2.24) is 20.4 Å². The van der Waals surface area contributed by atoms with E-state index < -0.39 is 0 Å². The van der Waals surface area contributed by atoms with Crippen LogP contribution in [0, 0.1) is 5.92 Å². The number of carbonyl (C=O) groups excluding carboxylic acids is 3. The van der Waals surface area contributed by atoms with E-state index in [1.807, 2.05) is 41.3 Å². The van der Waals surface area contributed by atoms with Crippen LogP contribution in [0.4, 0.5) is 10.8 Å². The lowest BCUT2D eigenvalue weighted by Gasteiger charge is -2.35. The summed E-state index contributed by atoms with van der Waals surface area (Å²) < 4.78 is 5.93. The Hall–Kier alpha value is -3.38. The van der Waals surface area contributed by atoms with Gasteiger partial charge in [-0.05, 0) is 24.3 Å². The molecule has 2 aromatic heterocycles. The Kier molecular flexibility index (Phi) is 7.52. The van der Waals surface area contributed by atoms with Gasteiger partial charge < -0.3 is 24.4 Å². The van der Waals surface area contributed by atoms with Crippen LogP contribution in [0.5, 0.6) is 0 Å². The fourth-order valence-electron chi connectivity index (χ4n) is 4.27. The molecule has 1 aromatic carbocycles. The molecule has 0 aliphatic carbocycles. The fraction of sp³-hybridized carbons (Fsp3) is 0.375. The predicted molar refractivity (Wildman–Crippen MR) is 137 cm³/mol. The molecule has 0 bridgehead atoms. The molecule has 1 N–H and O–H groups in total. The van der Waals surface area contributed by atoms with Crippen molar-refractivity contribution >= 4 is 51.6 Å². The van der Waals surface area contributed by atoms with Crippen LogP contribution in [0.15, 0.2) is 57.5 Å². The molecule has 2 saturated heterocycles. The van der Waals surface area contributed by atoms with Crippen molar-refractivity contribution in [3.8, 4) is 0 Å².